The fourth-order valence-corrected chi connectivity index (χ4v) is 3.48. The lowest BCUT2D eigenvalue weighted by atomic mass is 10.2. The zero-order valence-electron chi connectivity index (χ0n) is 23.0. The highest BCUT2D eigenvalue weighted by Gasteiger charge is 2.80. The molecular formula is C17H11F21O11S2. The molecule has 11 nitrogen and oxygen atoms in total. The summed E-state index contributed by atoms with van der Waals surface area (Å²) in [5.41, 5.74) is 0. The minimum atomic E-state index is -7.67. The van der Waals surface area contributed by atoms with Gasteiger partial charge in [-0.3, -0.25) is 4.74 Å². The van der Waals surface area contributed by atoms with Gasteiger partial charge < -0.3 is 23.7 Å². The molecule has 1 fully saturated rings. The third-order valence-corrected chi connectivity index (χ3v) is 6.72. The predicted octanol–water partition coefficient (Wildman–Crippen LogP) is 6.25. The molecule has 1 heterocycles. The molecule has 4 atom stereocenters. The van der Waals surface area contributed by atoms with Crippen molar-refractivity contribution in [2.75, 3.05) is 19.8 Å². The Hall–Kier alpha value is -1.98. The smallest absolute Gasteiger partial charge is 0.455 e. The number of carbonyl (C=O) groups is 1. The van der Waals surface area contributed by atoms with Gasteiger partial charge in [0.2, 0.25) is 5.79 Å². The van der Waals surface area contributed by atoms with Crippen molar-refractivity contribution in [2.45, 2.75) is 77.9 Å². The molecule has 1 saturated heterocycles. The molecule has 1 aliphatic heterocycles. The van der Waals surface area contributed by atoms with E-state index in [2.05, 4.69) is 33.1 Å². The molecule has 51 heavy (non-hydrogen) atoms. The molecule has 0 radical (unpaired) electrons. The third kappa shape index (κ3) is 9.97. The molecule has 0 aromatic carbocycles. The van der Waals surface area contributed by atoms with Gasteiger partial charge in [-0.15, -0.1) is 4.33 Å². The van der Waals surface area contributed by atoms with E-state index in [4.69, 9.17) is 0 Å². The topological polar surface area (TPSA) is 125 Å². The summed E-state index contributed by atoms with van der Waals surface area (Å²) in [6.07, 6.45) is -40.6. The van der Waals surface area contributed by atoms with E-state index in [9.17, 15) is 105 Å². The van der Waals surface area contributed by atoms with Crippen molar-refractivity contribution >= 4 is 28.2 Å². The van der Waals surface area contributed by atoms with Crippen LogP contribution in [0.15, 0.2) is 0 Å². The maximum Gasteiger partial charge on any atom is 0.464 e. The molecule has 4 unspecified atom stereocenters. The van der Waals surface area contributed by atoms with Crippen molar-refractivity contribution in [2.24, 2.45) is 0 Å². The lowest BCUT2D eigenvalue weighted by molar-refractivity contribution is -0.475. The maximum atomic E-state index is 14.4. The second-order valence-corrected chi connectivity index (χ2v) is 11.4. The lowest BCUT2D eigenvalue weighted by Crippen LogP contribution is -2.62. The van der Waals surface area contributed by atoms with Crippen LogP contribution in [0.1, 0.15) is 6.92 Å². The van der Waals surface area contributed by atoms with Gasteiger partial charge in [0.1, 0.15) is 30.9 Å². The standard InChI is InChI=1S/C17H11F21O11S2/c1-8(4-42-7(39)9(18,11(21,22)23)47-13(27,28)10(19,20)12(24,25)26)45-5(2-43-14(29,30)16(33,34)50-49-48-37)6(46-8)3-44-15(31,32)17(35,36)51(38,40)41/h5-6H,2-4H2,1H3. The van der Waals surface area contributed by atoms with E-state index >= 15 is 0 Å². The summed E-state index contributed by atoms with van der Waals surface area (Å²) in [5.74, 6) is -22.1. The Labute approximate surface area is 269 Å². The normalized spacial score (nSPS) is 23.3. The van der Waals surface area contributed by atoms with Crippen molar-refractivity contribution in [3.63, 3.8) is 0 Å². The van der Waals surface area contributed by atoms with E-state index < -0.39 is 119 Å². The first-order chi connectivity index (χ1) is 22.3. The molecule has 0 saturated carbocycles. The Balaban J connectivity index is 3.42. The number of carbonyl (C=O) groups excluding carboxylic acids is 1. The Morgan fingerprint density at radius 1 is 0.725 bits per heavy atom. The Bertz CT molecular complexity index is 1330. The number of halogens is 21. The molecule has 0 aliphatic carbocycles. The summed E-state index contributed by atoms with van der Waals surface area (Å²) in [6.45, 7) is -7.00. The van der Waals surface area contributed by atoms with Crippen LogP contribution in [0.2, 0.25) is 0 Å². The molecule has 0 spiro atoms. The van der Waals surface area contributed by atoms with E-state index in [1.165, 1.54) is 0 Å². The Morgan fingerprint density at radius 3 is 1.53 bits per heavy atom. The number of ether oxygens (including phenoxy) is 6. The Morgan fingerprint density at radius 2 is 1.16 bits per heavy atom. The third-order valence-electron chi connectivity index (χ3n) is 5.31. The summed E-state index contributed by atoms with van der Waals surface area (Å²) < 4.78 is 321. The highest BCUT2D eigenvalue weighted by molar-refractivity contribution is 7.95. The first kappa shape index (κ1) is 47.0. The monoisotopic (exact) mass is 854 g/mol. The molecule has 304 valence electrons. The summed E-state index contributed by atoms with van der Waals surface area (Å²) >= 11 is -1.83. The summed E-state index contributed by atoms with van der Waals surface area (Å²) in [4.78, 5) is 11.8. The van der Waals surface area contributed by atoms with Gasteiger partial charge in [0.05, 0.1) is 13.2 Å². The summed E-state index contributed by atoms with van der Waals surface area (Å²) in [6, 6.07) is 0. The molecule has 1 rings (SSSR count). The minimum absolute atomic E-state index is 0.113. The van der Waals surface area contributed by atoms with Crippen LogP contribution in [-0.4, -0.2) is 105 Å². The van der Waals surface area contributed by atoms with Crippen molar-refractivity contribution in [3.05, 3.63) is 0 Å². The molecule has 0 aromatic rings. The second-order valence-electron chi connectivity index (χ2n) is 9.15. The minimum Gasteiger partial charge on any atom is -0.455 e. The Kier molecular flexibility index (Phi) is 13.5. The van der Waals surface area contributed by atoms with Gasteiger partial charge >= 0.3 is 69.2 Å². The SMILES string of the molecule is CC1(COC(=O)C(F)(OC(F)(F)C(F)(F)C(F)(F)F)C(F)(F)F)OC(COC(F)(F)C(F)(F)SOOF)C(COC(F)(F)C(F)(F)S(=O)(=O)F)O1. The lowest BCUT2D eigenvalue weighted by Gasteiger charge is -2.34. The molecule has 0 amide bonds. The fourth-order valence-electron chi connectivity index (χ4n) is 2.87. The van der Waals surface area contributed by atoms with Crippen LogP contribution in [0.4, 0.5) is 91.8 Å². The molecule has 0 N–H and O–H groups in total. The maximum absolute atomic E-state index is 14.4. The summed E-state index contributed by atoms with van der Waals surface area (Å²) in [5, 5.41) is -10.4. The van der Waals surface area contributed by atoms with Crippen LogP contribution >= 0.6 is 12.0 Å². The van der Waals surface area contributed by atoms with E-state index in [1.54, 1.807) is 0 Å². The number of esters is 1. The van der Waals surface area contributed by atoms with Crippen LogP contribution in [0, 0.1) is 0 Å². The van der Waals surface area contributed by atoms with Gasteiger partial charge in [-0.1, -0.05) is 3.89 Å². The van der Waals surface area contributed by atoms with E-state index in [0.717, 1.165) is 0 Å². The van der Waals surface area contributed by atoms with Gasteiger partial charge in [-0.05, 0) is 16.5 Å². The molecule has 0 aromatic heterocycles. The number of alkyl halides is 19. The second kappa shape index (κ2) is 14.7. The zero-order chi connectivity index (χ0) is 40.7. The van der Waals surface area contributed by atoms with Gasteiger partial charge in [0.15, 0.2) is 0 Å². The zero-order valence-corrected chi connectivity index (χ0v) is 24.7. The van der Waals surface area contributed by atoms with Crippen molar-refractivity contribution in [3.8, 4) is 0 Å². The molecular weight excluding hydrogens is 843 g/mol. The van der Waals surface area contributed by atoms with Crippen molar-refractivity contribution in [1.29, 1.82) is 0 Å². The largest absolute Gasteiger partial charge is 0.464 e. The van der Waals surface area contributed by atoms with Gasteiger partial charge in [-0.25, -0.2) is 4.79 Å². The quantitative estimate of drug-likeness (QED) is 0.0387. The number of hydrogen-bond donors (Lipinski definition) is 0. The van der Waals surface area contributed by atoms with Gasteiger partial charge in [0, 0.05) is 0 Å². The number of rotatable bonds is 18. The molecule has 0 bridgehead atoms. The average molecular weight is 854 g/mol. The first-order valence-electron chi connectivity index (χ1n) is 11.4. The van der Waals surface area contributed by atoms with Gasteiger partial charge in [0.25, 0.3) is 0 Å². The van der Waals surface area contributed by atoms with E-state index in [-0.39, 0.29) is 6.92 Å². The highest BCUT2D eigenvalue weighted by Crippen LogP contribution is 2.52. The van der Waals surface area contributed by atoms with E-state index in [1.807, 2.05) is 4.74 Å². The van der Waals surface area contributed by atoms with Crippen LogP contribution in [0.25, 0.3) is 0 Å². The van der Waals surface area contributed by atoms with E-state index in [0.29, 0.717) is 0 Å². The molecule has 34 heteroatoms. The highest BCUT2D eigenvalue weighted by atomic mass is 32.3. The summed E-state index contributed by atoms with van der Waals surface area (Å²) in [7, 11) is -7.57. The van der Waals surface area contributed by atoms with Crippen molar-refractivity contribution < 1.29 is 143 Å². The van der Waals surface area contributed by atoms with Crippen LogP contribution < -0.4 is 0 Å². The fraction of sp³-hybridized carbons (Fsp3) is 0.941. The average Bonchev–Trinajstić information content (AvgIpc) is 3.25. The number of hydrogen-bond acceptors (Lipinski definition) is 12. The predicted molar refractivity (Wildman–Crippen MR) is 109 cm³/mol. The van der Waals surface area contributed by atoms with Crippen LogP contribution in [0.3, 0.4) is 0 Å². The first-order valence-corrected chi connectivity index (χ1v) is 13.6. The van der Waals surface area contributed by atoms with Crippen LogP contribution in [0.5, 0.6) is 0 Å². The molecule has 1 aliphatic rings. The van der Waals surface area contributed by atoms with Gasteiger partial charge in [-0.2, -0.15) is 91.8 Å². The van der Waals surface area contributed by atoms with Crippen LogP contribution in [-0.2, 0) is 52.9 Å². The van der Waals surface area contributed by atoms with Crippen molar-refractivity contribution in [1.82, 2.24) is 0 Å².